The van der Waals surface area contributed by atoms with Crippen LogP contribution in [0.25, 0.3) is 0 Å². The second kappa shape index (κ2) is 10.2. The van der Waals surface area contributed by atoms with Gasteiger partial charge in [0, 0.05) is 11.1 Å². The Morgan fingerprint density at radius 2 is 1.45 bits per heavy atom. The van der Waals surface area contributed by atoms with E-state index in [-0.39, 0.29) is 5.56 Å². The molecule has 2 rings (SSSR count). The van der Waals surface area contributed by atoms with E-state index in [1.54, 1.807) is 24.3 Å². The van der Waals surface area contributed by atoms with Gasteiger partial charge in [0.2, 0.25) is 5.75 Å². The zero-order chi connectivity index (χ0) is 21.4. The summed E-state index contributed by atoms with van der Waals surface area (Å²) in [6, 6.07) is 9.71. The van der Waals surface area contributed by atoms with Gasteiger partial charge in [0.1, 0.15) is 5.75 Å². The first-order valence-corrected chi connectivity index (χ1v) is 9.03. The molecule has 0 aliphatic heterocycles. The van der Waals surface area contributed by atoms with E-state index in [9.17, 15) is 9.59 Å². The third kappa shape index (κ3) is 5.78. The summed E-state index contributed by atoms with van der Waals surface area (Å²) in [5.41, 5.74) is 5.35. The van der Waals surface area contributed by atoms with Crippen LogP contribution in [0, 0.1) is 5.92 Å². The number of amides is 2. The topological polar surface area (TPSA) is 95.1 Å². The van der Waals surface area contributed by atoms with Crippen molar-refractivity contribution in [2.24, 2.45) is 5.92 Å². The number of nitrogens with one attached hydrogen (secondary N) is 2. The highest BCUT2D eigenvalue weighted by Crippen LogP contribution is 2.38. The second-order valence-corrected chi connectivity index (χ2v) is 6.55. The Labute approximate surface area is 170 Å². The Bertz CT molecular complexity index is 841. The van der Waals surface area contributed by atoms with Crippen LogP contribution in [0.1, 0.15) is 34.6 Å². The Morgan fingerprint density at radius 1 is 0.862 bits per heavy atom. The minimum Gasteiger partial charge on any atom is -0.493 e. The van der Waals surface area contributed by atoms with Gasteiger partial charge in [-0.05, 0) is 36.2 Å². The number of methoxy groups -OCH3 is 3. The molecule has 29 heavy (non-hydrogen) atoms. The van der Waals surface area contributed by atoms with Crippen LogP contribution in [-0.4, -0.2) is 39.8 Å². The maximum atomic E-state index is 12.5. The van der Waals surface area contributed by atoms with Crippen molar-refractivity contribution < 1.29 is 28.5 Å². The van der Waals surface area contributed by atoms with E-state index in [1.807, 2.05) is 13.8 Å². The number of hydrazine groups is 1. The van der Waals surface area contributed by atoms with Crippen LogP contribution >= 0.6 is 0 Å². The van der Waals surface area contributed by atoms with Crippen molar-refractivity contribution >= 4 is 11.8 Å². The van der Waals surface area contributed by atoms with Crippen molar-refractivity contribution in [3.63, 3.8) is 0 Å². The molecule has 8 nitrogen and oxygen atoms in total. The van der Waals surface area contributed by atoms with Gasteiger partial charge in [-0.1, -0.05) is 19.9 Å². The lowest BCUT2D eigenvalue weighted by Crippen LogP contribution is -2.41. The molecule has 156 valence electrons. The molecule has 2 amide bonds. The summed E-state index contributed by atoms with van der Waals surface area (Å²) in [6.45, 7) is 4.62. The van der Waals surface area contributed by atoms with Crippen molar-refractivity contribution in [2.75, 3.05) is 27.9 Å². The third-order valence-corrected chi connectivity index (χ3v) is 3.90. The van der Waals surface area contributed by atoms with Crippen molar-refractivity contribution in [1.29, 1.82) is 0 Å². The molecule has 0 aliphatic rings. The van der Waals surface area contributed by atoms with Crippen molar-refractivity contribution in [3.05, 3.63) is 47.5 Å². The van der Waals surface area contributed by atoms with Crippen molar-refractivity contribution in [2.45, 2.75) is 13.8 Å². The number of hydrogen-bond donors (Lipinski definition) is 2. The van der Waals surface area contributed by atoms with E-state index in [4.69, 9.17) is 18.9 Å². The Kier molecular flexibility index (Phi) is 7.70. The summed E-state index contributed by atoms with van der Waals surface area (Å²) in [5.74, 6) is 0.976. The molecule has 0 unspecified atom stereocenters. The lowest BCUT2D eigenvalue weighted by molar-refractivity contribution is 0.0846. The van der Waals surface area contributed by atoms with Gasteiger partial charge in [-0.25, -0.2) is 0 Å². The van der Waals surface area contributed by atoms with Crippen LogP contribution in [-0.2, 0) is 0 Å². The van der Waals surface area contributed by atoms with Gasteiger partial charge in [0.25, 0.3) is 11.8 Å². The quantitative estimate of drug-likeness (QED) is 0.660. The molecule has 2 aromatic carbocycles. The first kappa shape index (κ1) is 21.9. The maximum absolute atomic E-state index is 12.5. The van der Waals surface area contributed by atoms with E-state index in [2.05, 4.69) is 10.9 Å². The summed E-state index contributed by atoms with van der Waals surface area (Å²) < 4.78 is 21.3. The molecule has 2 aromatic rings. The Morgan fingerprint density at radius 3 is 1.97 bits per heavy atom. The van der Waals surface area contributed by atoms with Gasteiger partial charge in [-0.15, -0.1) is 0 Å². The van der Waals surface area contributed by atoms with Crippen LogP contribution in [0.4, 0.5) is 0 Å². The highest BCUT2D eigenvalue weighted by molar-refractivity contribution is 5.99. The van der Waals surface area contributed by atoms with Gasteiger partial charge in [0.15, 0.2) is 11.5 Å². The van der Waals surface area contributed by atoms with E-state index in [0.717, 1.165) is 0 Å². The highest BCUT2D eigenvalue weighted by Gasteiger charge is 2.17. The fourth-order valence-electron chi connectivity index (χ4n) is 2.46. The zero-order valence-corrected chi connectivity index (χ0v) is 17.2. The summed E-state index contributed by atoms with van der Waals surface area (Å²) in [7, 11) is 4.38. The first-order chi connectivity index (χ1) is 13.9. The zero-order valence-electron chi connectivity index (χ0n) is 17.2. The molecule has 0 aromatic heterocycles. The van der Waals surface area contributed by atoms with E-state index in [1.165, 1.54) is 33.5 Å². The molecule has 0 heterocycles. The molecule has 0 bridgehead atoms. The number of benzene rings is 2. The van der Waals surface area contributed by atoms with Gasteiger partial charge in [-0.3, -0.25) is 20.4 Å². The monoisotopic (exact) mass is 402 g/mol. The number of ether oxygens (including phenoxy) is 4. The average Bonchev–Trinajstić information content (AvgIpc) is 2.74. The minimum absolute atomic E-state index is 0.230. The molecule has 0 saturated heterocycles. The fraction of sp³-hybridized carbons (Fsp3) is 0.333. The maximum Gasteiger partial charge on any atom is 0.269 e. The summed E-state index contributed by atoms with van der Waals surface area (Å²) >= 11 is 0. The van der Waals surface area contributed by atoms with Gasteiger partial charge in [-0.2, -0.15) is 0 Å². The number of rotatable bonds is 8. The van der Waals surface area contributed by atoms with Crippen LogP contribution in [0.15, 0.2) is 36.4 Å². The predicted octanol–water partition coefficient (Wildman–Crippen LogP) is 2.82. The minimum atomic E-state index is -0.537. The standard InChI is InChI=1S/C21H26N2O6/c1-13(2)12-29-16-8-6-7-14(9-16)20(24)22-23-21(25)15-10-17(26-3)19(28-5)18(11-15)27-4/h6-11,13H,12H2,1-5H3,(H,22,24)(H,23,25). The largest absolute Gasteiger partial charge is 0.493 e. The smallest absolute Gasteiger partial charge is 0.269 e. The van der Waals surface area contributed by atoms with E-state index in [0.29, 0.717) is 41.1 Å². The van der Waals surface area contributed by atoms with Crippen molar-refractivity contribution in [1.82, 2.24) is 10.9 Å². The molecule has 0 fully saturated rings. The Balaban J connectivity index is 2.07. The molecule has 0 aliphatic carbocycles. The molecule has 2 N–H and O–H groups in total. The summed E-state index contributed by atoms with van der Waals surface area (Å²) in [5, 5.41) is 0. The van der Waals surface area contributed by atoms with Gasteiger partial charge in [0.05, 0.1) is 27.9 Å². The first-order valence-electron chi connectivity index (χ1n) is 9.03. The lowest BCUT2D eigenvalue weighted by atomic mass is 10.1. The number of carbonyl (C=O) groups excluding carboxylic acids is 2. The highest BCUT2D eigenvalue weighted by atomic mass is 16.5. The summed E-state index contributed by atoms with van der Waals surface area (Å²) in [6.07, 6.45) is 0. The molecule has 0 saturated carbocycles. The van der Waals surface area contributed by atoms with Crippen LogP contribution < -0.4 is 29.8 Å². The van der Waals surface area contributed by atoms with Gasteiger partial charge >= 0.3 is 0 Å². The third-order valence-electron chi connectivity index (χ3n) is 3.90. The molecular weight excluding hydrogens is 376 g/mol. The summed E-state index contributed by atoms with van der Waals surface area (Å²) in [4.78, 5) is 24.8. The molecule has 8 heteroatoms. The molecule has 0 radical (unpaired) electrons. The normalized spacial score (nSPS) is 10.3. The van der Waals surface area contributed by atoms with Crippen LogP contribution in [0.2, 0.25) is 0 Å². The van der Waals surface area contributed by atoms with Crippen LogP contribution in [0.3, 0.4) is 0 Å². The SMILES string of the molecule is COc1cc(C(=O)NNC(=O)c2cccc(OCC(C)C)c2)cc(OC)c1OC. The average molecular weight is 402 g/mol. The molecular formula is C21H26N2O6. The van der Waals surface area contributed by atoms with E-state index < -0.39 is 11.8 Å². The lowest BCUT2D eigenvalue weighted by Gasteiger charge is -2.14. The number of hydrogen-bond acceptors (Lipinski definition) is 6. The van der Waals surface area contributed by atoms with Gasteiger partial charge < -0.3 is 18.9 Å². The fourth-order valence-corrected chi connectivity index (χ4v) is 2.46. The van der Waals surface area contributed by atoms with E-state index >= 15 is 0 Å². The predicted molar refractivity (Wildman–Crippen MR) is 108 cm³/mol. The second-order valence-electron chi connectivity index (χ2n) is 6.55. The Hall–Kier alpha value is -3.42. The van der Waals surface area contributed by atoms with Crippen molar-refractivity contribution in [3.8, 4) is 23.0 Å². The molecule has 0 spiro atoms. The molecule has 0 atom stereocenters. The van der Waals surface area contributed by atoms with Crippen LogP contribution in [0.5, 0.6) is 23.0 Å². The number of carbonyl (C=O) groups is 2.